The van der Waals surface area contributed by atoms with E-state index in [1.165, 1.54) is 32.1 Å². The van der Waals surface area contributed by atoms with Crippen LogP contribution >= 0.6 is 11.8 Å². The fourth-order valence-corrected chi connectivity index (χ4v) is 4.68. The number of hydrogen-bond acceptors (Lipinski definition) is 7. The molecule has 0 bridgehead atoms. The van der Waals surface area contributed by atoms with Crippen molar-refractivity contribution >= 4 is 11.8 Å². The van der Waals surface area contributed by atoms with Crippen LogP contribution < -0.4 is 0 Å². The van der Waals surface area contributed by atoms with Crippen molar-refractivity contribution in [2.75, 3.05) is 0 Å². The number of furan rings is 1. The summed E-state index contributed by atoms with van der Waals surface area (Å²) in [5.74, 6) is 3.59. The summed E-state index contributed by atoms with van der Waals surface area (Å²) in [5.41, 5.74) is 0. The van der Waals surface area contributed by atoms with Crippen LogP contribution in [0.4, 0.5) is 0 Å². The predicted octanol–water partition coefficient (Wildman–Crippen LogP) is 5.16. The summed E-state index contributed by atoms with van der Waals surface area (Å²) >= 11 is 1.63. The highest BCUT2D eigenvalue weighted by molar-refractivity contribution is 7.99. The Morgan fingerprint density at radius 3 is 2.74 bits per heavy atom. The summed E-state index contributed by atoms with van der Waals surface area (Å²) in [6.07, 6.45) is 10.1. The number of nitrogens with zero attached hydrogens (tertiary/aromatic N) is 5. The SMILES string of the molecule is C[C@H](Sc1nnc(-c2ccco2)n1C1CCCCC1)c1nc(C2CC2)no1. The average molecular weight is 385 g/mol. The smallest absolute Gasteiger partial charge is 0.239 e. The fraction of sp³-hybridized carbons (Fsp3) is 0.579. The molecular weight excluding hydrogens is 362 g/mol. The van der Waals surface area contributed by atoms with Crippen molar-refractivity contribution in [3.8, 4) is 11.6 Å². The Hall–Kier alpha value is -2.09. The lowest BCUT2D eigenvalue weighted by atomic mass is 9.95. The maximum absolute atomic E-state index is 5.62. The Balaban J connectivity index is 1.43. The summed E-state index contributed by atoms with van der Waals surface area (Å²) < 4.78 is 13.4. The molecule has 8 heteroatoms. The van der Waals surface area contributed by atoms with Crippen LogP contribution in [0.1, 0.15) is 80.8 Å². The molecule has 0 radical (unpaired) electrons. The largest absolute Gasteiger partial charge is 0.461 e. The van der Waals surface area contributed by atoms with E-state index in [4.69, 9.17) is 8.94 Å². The van der Waals surface area contributed by atoms with Gasteiger partial charge in [0.15, 0.2) is 16.7 Å². The Kier molecular flexibility index (Phi) is 4.51. The van der Waals surface area contributed by atoms with E-state index in [1.54, 1.807) is 18.0 Å². The van der Waals surface area contributed by atoms with Gasteiger partial charge in [-0.05, 0) is 44.7 Å². The first-order chi connectivity index (χ1) is 13.3. The van der Waals surface area contributed by atoms with Crippen molar-refractivity contribution in [3.63, 3.8) is 0 Å². The van der Waals surface area contributed by atoms with E-state index in [9.17, 15) is 0 Å². The molecule has 2 saturated carbocycles. The Bertz CT molecular complexity index is 893. The number of aromatic nitrogens is 5. The average Bonchev–Trinajstić information content (AvgIpc) is 3.12. The first kappa shape index (κ1) is 17.0. The van der Waals surface area contributed by atoms with E-state index in [1.807, 2.05) is 12.1 Å². The second-order valence-electron chi connectivity index (χ2n) is 7.47. The van der Waals surface area contributed by atoms with Gasteiger partial charge in [0.1, 0.15) is 0 Å². The molecule has 0 spiro atoms. The molecule has 0 N–H and O–H groups in total. The minimum absolute atomic E-state index is 0.0287. The van der Waals surface area contributed by atoms with Crippen LogP contribution in [0.15, 0.2) is 32.5 Å². The highest BCUT2D eigenvalue weighted by atomic mass is 32.2. The maximum atomic E-state index is 5.62. The van der Waals surface area contributed by atoms with E-state index >= 15 is 0 Å². The molecular formula is C19H23N5O2S. The maximum Gasteiger partial charge on any atom is 0.239 e. The Morgan fingerprint density at radius 1 is 1.15 bits per heavy atom. The monoisotopic (exact) mass is 385 g/mol. The number of thioether (sulfide) groups is 1. The molecule has 142 valence electrons. The molecule has 27 heavy (non-hydrogen) atoms. The van der Waals surface area contributed by atoms with Crippen LogP contribution in [0.3, 0.4) is 0 Å². The zero-order valence-corrected chi connectivity index (χ0v) is 16.2. The molecule has 2 aliphatic rings. The molecule has 0 aromatic carbocycles. The van der Waals surface area contributed by atoms with Gasteiger partial charge in [0.2, 0.25) is 11.7 Å². The van der Waals surface area contributed by atoms with Crippen molar-refractivity contribution < 1.29 is 8.94 Å². The normalized spacial score (nSPS) is 19.4. The molecule has 3 aromatic rings. The van der Waals surface area contributed by atoms with Crippen LogP contribution in [0.2, 0.25) is 0 Å². The van der Waals surface area contributed by atoms with E-state index in [2.05, 4.69) is 31.8 Å². The zero-order chi connectivity index (χ0) is 18.2. The number of hydrogen-bond donors (Lipinski definition) is 0. The topological polar surface area (TPSA) is 82.8 Å². The van der Waals surface area contributed by atoms with Gasteiger partial charge in [-0.15, -0.1) is 10.2 Å². The van der Waals surface area contributed by atoms with Crippen LogP contribution in [-0.4, -0.2) is 24.9 Å². The van der Waals surface area contributed by atoms with Gasteiger partial charge in [-0.3, -0.25) is 4.57 Å². The van der Waals surface area contributed by atoms with Crippen LogP contribution in [0, 0.1) is 0 Å². The van der Waals surface area contributed by atoms with Crippen LogP contribution in [-0.2, 0) is 0 Å². The Labute approximate surface area is 161 Å². The second kappa shape index (κ2) is 7.14. The minimum Gasteiger partial charge on any atom is -0.461 e. The quantitative estimate of drug-likeness (QED) is 0.542. The molecule has 2 fully saturated rings. The molecule has 0 amide bonds. The summed E-state index contributed by atoms with van der Waals surface area (Å²) in [5, 5.41) is 14.0. The third kappa shape index (κ3) is 3.42. The first-order valence-electron chi connectivity index (χ1n) is 9.78. The fourth-order valence-electron chi connectivity index (χ4n) is 3.73. The van der Waals surface area contributed by atoms with Gasteiger partial charge in [0.05, 0.1) is 11.5 Å². The molecule has 3 aromatic heterocycles. The Morgan fingerprint density at radius 2 is 2.00 bits per heavy atom. The molecule has 2 aliphatic carbocycles. The van der Waals surface area contributed by atoms with Gasteiger partial charge < -0.3 is 8.94 Å². The van der Waals surface area contributed by atoms with Gasteiger partial charge in [0, 0.05) is 12.0 Å². The first-order valence-corrected chi connectivity index (χ1v) is 10.7. The summed E-state index contributed by atoms with van der Waals surface area (Å²) in [7, 11) is 0. The molecule has 0 saturated heterocycles. The molecule has 5 rings (SSSR count). The summed E-state index contributed by atoms with van der Waals surface area (Å²) in [4.78, 5) is 4.59. The molecule has 3 heterocycles. The van der Waals surface area contributed by atoms with Gasteiger partial charge in [0.25, 0.3) is 0 Å². The third-order valence-corrected chi connectivity index (χ3v) is 6.42. The van der Waals surface area contributed by atoms with Crippen LogP contribution in [0.25, 0.3) is 11.6 Å². The van der Waals surface area contributed by atoms with E-state index in [0.29, 0.717) is 17.9 Å². The lowest BCUT2D eigenvalue weighted by Crippen LogP contribution is -2.15. The highest BCUT2D eigenvalue weighted by Crippen LogP contribution is 2.42. The van der Waals surface area contributed by atoms with Crippen molar-refractivity contribution in [1.29, 1.82) is 0 Å². The molecule has 7 nitrogen and oxygen atoms in total. The summed E-state index contributed by atoms with van der Waals surface area (Å²) in [6, 6.07) is 4.25. The second-order valence-corrected chi connectivity index (χ2v) is 8.78. The molecule has 1 atom stereocenters. The minimum atomic E-state index is 0.0287. The van der Waals surface area contributed by atoms with E-state index in [0.717, 1.165) is 35.4 Å². The van der Waals surface area contributed by atoms with Gasteiger partial charge in [-0.2, -0.15) is 4.98 Å². The van der Waals surface area contributed by atoms with Crippen molar-refractivity contribution in [3.05, 3.63) is 30.1 Å². The van der Waals surface area contributed by atoms with E-state index in [-0.39, 0.29) is 5.25 Å². The van der Waals surface area contributed by atoms with Gasteiger partial charge in [-0.1, -0.05) is 36.2 Å². The molecule has 0 aliphatic heterocycles. The number of rotatable bonds is 6. The predicted molar refractivity (Wildman–Crippen MR) is 100 cm³/mol. The standard InChI is InChI=1S/C19H23N5O2S/c1-12(18-20-16(23-26-18)13-9-10-13)27-19-22-21-17(15-8-5-11-25-15)24(19)14-6-3-2-4-7-14/h5,8,11-14H,2-4,6-7,9-10H2,1H3/t12-/m0/s1. The van der Waals surface area contributed by atoms with Gasteiger partial charge >= 0.3 is 0 Å². The third-order valence-electron chi connectivity index (χ3n) is 5.38. The summed E-state index contributed by atoms with van der Waals surface area (Å²) in [6.45, 7) is 2.08. The van der Waals surface area contributed by atoms with Crippen molar-refractivity contribution in [2.24, 2.45) is 0 Å². The van der Waals surface area contributed by atoms with Crippen LogP contribution in [0.5, 0.6) is 0 Å². The zero-order valence-electron chi connectivity index (χ0n) is 15.4. The van der Waals surface area contributed by atoms with Crippen molar-refractivity contribution in [2.45, 2.75) is 74.2 Å². The molecule has 0 unspecified atom stereocenters. The van der Waals surface area contributed by atoms with Gasteiger partial charge in [-0.25, -0.2) is 0 Å². The lowest BCUT2D eigenvalue weighted by Gasteiger charge is -2.25. The van der Waals surface area contributed by atoms with E-state index < -0.39 is 0 Å². The lowest BCUT2D eigenvalue weighted by molar-refractivity contribution is 0.337. The van der Waals surface area contributed by atoms with Crippen molar-refractivity contribution in [1.82, 2.24) is 24.9 Å². The highest BCUT2D eigenvalue weighted by Gasteiger charge is 2.31.